The average molecular weight is 501 g/mol. The number of halogens is 2. The minimum atomic E-state index is -1.55. The Kier molecular flexibility index (Phi) is 14.5. The van der Waals surface area contributed by atoms with Gasteiger partial charge in [0.15, 0.2) is 0 Å². The molecule has 0 aromatic heterocycles. The lowest BCUT2D eigenvalue weighted by molar-refractivity contribution is -0.169. The highest BCUT2D eigenvalue weighted by Gasteiger charge is 2.37. The Morgan fingerprint density at radius 3 is 1.79 bits per heavy atom. The Balaban J connectivity index is 0. The lowest BCUT2D eigenvalue weighted by atomic mass is 10.00. The van der Waals surface area contributed by atoms with Crippen molar-refractivity contribution in [2.45, 2.75) is 33.5 Å². The van der Waals surface area contributed by atoms with E-state index in [9.17, 15) is 14.7 Å². The van der Waals surface area contributed by atoms with Crippen LogP contribution in [0.25, 0.3) is 5.57 Å². The number of cyclic esters (lactones) is 1. The minimum absolute atomic E-state index is 0. The summed E-state index contributed by atoms with van der Waals surface area (Å²) < 4.78 is 4.74. The maximum Gasteiger partial charge on any atom is 0.368 e. The zero-order valence-electron chi connectivity index (χ0n) is 17.2. The number of ether oxygens (including phenoxy) is 1. The summed E-state index contributed by atoms with van der Waals surface area (Å²) in [5.74, 6) is -3.34. The number of hydrogen-bond donors (Lipinski definition) is 2. The number of ketones is 1. The molecule has 1 atom stereocenters. The van der Waals surface area contributed by atoms with Crippen LogP contribution < -0.4 is 0 Å². The highest BCUT2D eigenvalue weighted by molar-refractivity contribution is 6.30. The number of aldehydes is 1. The van der Waals surface area contributed by atoms with Crippen molar-refractivity contribution in [1.82, 2.24) is 0 Å². The van der Waals surface area contributed by atoms with Gasteiger partial charge >= 0.3 is 11.9 Å². The predicted octanol–water partition coefficient (Wildman–Crippen LogP) is 3.54. The summed E-state index contributed by atoms with van der Waals surface area (Å²) in [6, 6.07) is 14.1. The van der Waals surface area contributed by atoms with E-state index in [0.29, 0.717) is 22.0 Å². The van der Waals surface area contributed by atoms with Crippen molar-refractivity contribution >= 4 is 52.8 Å². The molecule has 10 heteroatoms. The van der Waals surface area contributed by atoms with E-state index in [1.807, 2.05) is 12.1 Å². The Morgan fingerprint density at radius 2 is 1.45 bits per heavy atom. The van der Waals surface area contributed by atoms with Gasteiger partial charge in [-0.25, -0.2) is 9.59 Å². The second-order valence-electron chi connectivity index (χ2n) is 6.43. The van der Waals surface area contributed by atoms with E-state index in [0.717, 1.165) is 11.1 Å². The molecule has 4 N–H and O–H groups in total. The molecule has 0 aliphatic carbocycles. The SMILES string of the molecule is C.CC(=O)Cc1ccc(Cl)cc1.CC1(O)OC(=O)C=C1c1ccc(Cl)cc1.O.O=CC(=O)O. The third kappa shape index (κ3) is 12.0. The normalized spacial score (nSPS) is 15.5. The quantitative estimate of drug-likeness (QED) is 0.370. The van der Waals surface area contributed by atoms with Crippen molar-refractivity contribution in [1.29, 1.82) is 0 Å². The fourth-order valence-electron chi connectivity index (χ4n) is 2.40. The zero-order chi connectivity index (χ0) is 23.6. The fourth-order valence-corrected chi connectivity index (χ4v) is 2.65. The molecule has 0 saturated heterocycles. The number of carboxylic acid groups (broad SMARTS) is 1. The largest absolute Gasteiger partial charge is 0.476 e. The van der Waals surface area contributed by atoms with Crippen LogP contribution in [0.15, 0.2) is 54.6 Å². The van der Waals surface area contributed by atoms with Gasteiger partial charge in [-0.15, -0.1) is 0 Å². The summed E-state index contributed by atoms with van der Waals surface area (Å²) >= 11 is 11.4. The summed E-state index contributed by atoms with van der Waals surface area (Å²) in [4.78, 5) is 39.6. The van der Waals surface area contributed by atoms with Gasteiger partial charge in [-0.2, -0.15) is 0 Å². The molecule has 0 fully saturated rings. The summed E-state index contributed by atoms with van der Waals surface area (Å²) in [5.41, 5.74) is 2.18. The van der Waals surface area contributed by atoms with Crippen LogP contribution in [0, 0.1) is 0 Å². The molecule has 33 heavy (non-hydrogen) atoms. The van der Waals surface area contributed by atoms with Gasteiger partial charge in [-0.3, -0.25) is 9.59 Å². The third-order valence-electron chi connectivity index (χ3n) is 3.68. The minimum Gasteiger partial charge on any atom is -0.476 e. The standard InChI is InChI=1S/C11H9ClO3.C9H9ClO.C2H2O3.CH4.H2O/c1-11(14)9(6-10(13)15-11)7-2-4-8(12)5-3-7;1-7(11)6-8-2-4-9(10)5-3-8;3-1-2(4)5;;/h2-6,14H,1H3;2-5H,6H2,1H3;1H,(H,4,5);1H4;1H2. The van der Waals surface area contributed by atoms with Crippen LogP contribution in [0.4, 0.5) is 0 Å². The molecule has 0 saturated carbocycles. The molecule has 2 aromatic rings. The van der Waals surface area contributed by atoms with E-state index >= 15 is 0 Å². The topological polar surface area (TPSA) is 149 Å². The van der Waals surface area contributed by atoms with Gasteiger partial charge in [0.2, 0.25) is 12.1 Å². The number of aliphatic hydroxyl groups is 1. The van der Waals surface area contributed by atoms with Gasteiger partial charge < -0.3 is 20.4 Å². The number of esters is 1. The predicted molar refractivity (Wildman–Crippen MR) is 126 cm³/mol. The van der Waals surface area contributed by atoms with Crippen molar-refractivity contribution < 1.29 is 39.6 Å². The highest BCUT2D eigenvalue weighted by atomic mass is 35.5. The van der Waals surface area contributed by atoms with Crippen molar-refractivity contribution in [3.8, 4) is 0 Å². The fraction of sp³-hybridized carbons (Fsp3) is 0.217. The van der Waals surface area contributed by atoms with Crippen LogP contribution >= 0.6 is 23.2 Å². The Hall–Kier alpha value is -3.04. The van der Waals surface area contributed by atoms with Crippen LogP contribution in [0.3, 0.4) is 0 Å². The molecule has 8 nitrogen and oxygen atoms in total. The Morgan fingerprint density at radius 1 is 1.03 bits per heavy atom. The van der Waals surface area contributed by atoms with Gasteiger partial charge in [0.05, 0.1) is 0 Å². The molecule has 1 aliphatic heterocycles. The second-order valence-corrected chi connectivity index (χ2v) is 7.30. The number of Topliss-reactive ketones (excluding diaryl/α,β-unsaturated/α-hetero) is 1. The van der Waals surface area contributed by atoms with Gasteiger partial charge in [-0.1, -0.05) is 54.9 Å². The Labute approximate surface area is 201 Å². The van der Waals surface area contributed by atoms with E-state index in [1.165, 1.54) is 13.0 Å². The lowest BCUT2D eigenvalue weighted by Gasteiger charge is -2.19. The number of hydrogen-bond acceptors (Lipinski definition) is 6. The molecule has 0 radical (unpaired) electrons. The number of carbonyl (C=O) groups is 4. The van der Waals surface area contributed by atoms with Crippen molar-refractivity contribution in [3.05, 3.63) is 75.8 Å². The molecule has 180 valence electrons. The van der Waals surface area contributed by atoms with Gasteiger partial charge in [0, 0.05) is 35.0 Å². The molecule has 1 unspecified atom stereocenters. The van der Waals surface area contributed by atoms with Crippen molar-refractivity contribution in [3.63, 3.8) is 0 Å². The van der Waals surface area contributed by atoms with E-state index < -0.39 is 17.7 Å². The third-order valence-corrected chi connectivity index (χ3v) is 4.19. The number of aliphatic carboxylic acids is 1. The number of benzene rings is 2. The zero-order valence-corrected chi connectivity index (χ0v) is 18.7. The van der Waals surface area contributed by atoms with Crippen LogP contribution in [-0.4, -0.2) is 45.5 Å². The molecule has 3 rings (SSSR count). The molecular weight excluding hydrogens is 475 g/mol. The maximum atomic E-state index is 11.0. The molecule has 2 aromatic carbocycles. The molecule has 1 aliphatic rings. The first kappa shape index (κ1) is 32.1. The lowest BCUT2D eigenvalue weighted by Crippen LogP contribution is -2.26. The first-order valence-electron chi connectivity index (χ1n) is 8.80. The number of rotatable bonds is 4. The van der Waals surface area contributed by atoms with Crippen molar-refractivity contribution in [2.24, 2.45) is 0 Å². The van der Waals surface area contributed by atoms with E-state index in [4.69, 9.17) is 42.6 Å². The van der Waals surface area contributed by atoms with E-state index in [-0.39, 0.29) is 25.0 Å². The van der Waals surface area contributed by atoms with Crippen LogP contribution in [0.2, 0.25) is 10.0 Å². The summed E-state index contributed by atoms with van der Waals surface area (Å²) in [6.45, 7) is 3.01. The first-order chi connectivity index (χ1) is 14.4. The summed E-state index contributed by atoms with van der Waals surface area (Å²) in [6.07, 6.45) is 1.61. The van der Waals surface area contributed by atoms with Crippen molar-refractivity contribution in [2.75, 3.05) is 0 Å². The molecule has 0 bridgehead atoms. The van der Waals surface area contributed by atoms with E-state index in [1.54, 1.807) is 43.3 Å². The highest BCUT2D eigenvalue weighted by Crippen LogP contribution is 2.33. The first-order valence-corrected chi connectivity index (χ1v) is 9.55. The van der Waals surface area contributed by atoms with Crippen LogP contribution in [0.5, 0.6) is 0 Å². The van der Waals surface area contributed by atoms with E-state index in [2.05, 4.69) is 0 Å². The molecule has 0 spiro atoms. The maximum absolute atomic E-state index is 11.0. The summed E-state index contributed by atoms with van der Waals surface area (Å²) in [7, 11) is 0. The summed E-state index contributed by atoms with van der Waals surface area (Å²) in [5, 5.41) is 18.5. The van der Waals surface area contributed by atoms with Crippen LogP contribution in [-0.2, 0) is 30.3 Å². The monoisotopic (exact) mass is 500 g/mol. The van der Waals surface area contributed by atoms with Gasteiger partial charge in [-0.05, 0) is 42.3 Å². The smallest absolute Gasteiger partial charge is 0.368 e. The number of carboxylic acids is 1. The molecule has 1 heterocycles. The average Bonchev–Trinajstić information content (AvgIpc) is 2.97. The number of carbonyl (C=O) groups excluding carboxylic acids is 3. The molecular formula is C23H26Cl2O8. The molecule has 0 amide bonds. The van der Waals surface area contributed by atoms with Gasteiger partial charge in [0.1, 0.15) is 5.78 Å². The van der Waals surface area contributed by atoms with Crippen LogP contribution in [0.1, 0.15) is 32.4 Å². The van der Waals surface area contributed by atoms with Gasteiger partial charge in [0.25, 0.3) is 0 Å². The Bertz CT molecular complexity index is 965. The second kappa shape index (κ2) is 14.9.